The fourth-order valence-corrected chi connectivity index (χ4v) is 2.39. The summed E-state index contributed by atoms with van der Waals surface area (Å²) < 4.78 is 47.8. The summed E-state index contributed by atoms with van der Waals surface area (Å²) >= 11 is 0. The van der Waals surface area contributed by atoms with Gasteiger partial charge in [0.2, 0.25) is 5.88 Å². The molecule has 0 fully saturated rings. The van der Waals surface area contributed by atoms with Gasteiger partial charge >= 0.3 is 6.18 Å². The zero-order valence-corrected chi connectivity index (χ0v) is 14.7. The van der Waals surface area contributed by atoms with Crippen molar-refractivity contribution in [3.63, 3.8) is 0 Å². The summed E-state index contributed by atoms with van der Waals surface area (Å²) in [4.78, 5) is 20.0. The molecule has 0 aromatic carbocycles. The molecule has 1 N–H and O–H groups in total. The molecule has 1 amide bonds. The number of aromatic nitrogens is 3. The highest BCUT2D eigenvalue weighted by molar-refractivity contribution is 5.96. The number of nitrogens with zero attached hydrogens (tertiary/aromatic N) is 3. The zero-order valence-electron chi connectivity index (χ0n) is 14.7. The Morgan fingerprint density at radius 2 is 1.96 bits per heavy atom. The van der Waals surface area contributed by atoms with Gasteiger partial charge in [-0.05, 0) is 31.2 Å². The van der Waals surface area contributed by atoms with Crippen LogP contribution in [-0.2, 0) is 6.61 Å². The summed E-state index contributed by atoms with van der Waals surface area (Å²) in [5, 5.41) is 5.80. The summed E-state index contributed by atoms with van der Waals surface area (Å²) in [6.07, 6.45) is 0.0652. The first kappa shape index (κ1) is 19.3. The average Bonchev–Trinajstić information content (AvgIpc) is 3.05. The monoisotopic (exact) mass is 392 g/mol. The van der Waals surface area contributed by atoms with Crippen LogP contribution in [0.2, 0.25) is 0 Å². The lowest BCUT2D eigenvalue weighted by atomic mass is 10.1. The highest BCUT2D eigenvalue weighted by Gasteiger charge is 2.28. The first-order valence-corrected chi connectivity index (χ1v) is 8.13. The molecule has 0 aliphatic heterocycles. The summed E-state index contributed by atoms with van der Waals surface area (Å²) in [7, 11) is 0. The van der Waals surface area contributed by atoms with E-state index >= 15 is 0 Å². The molecule has 28 heavy (non-hydrogen) atoms. The number of aryl methyl sites for hydroxylation is 1. The number of amides is 1. The summed E-state index contributed by atoms with van der Waals surface area (Å²) in [5.41, 5.74) is 1.82. The third kappa shape index (κ3) is 4.64. The van der Waals surface area contributed by atoms with Crippen molar-refractivity contribution in [2.24, 2.45) is 0 Å². The topological polar surface area (TPSA) is 90.1 Å². The van der Waals surface area contributed by atoms with Crippen molar-refractivity contribution in [3.8, 4) is 17.1 Å². The first-order chi connectivity index (χ1) is 13.3. The van der Waals surface area contributed by atoms with Gasteiger partial charge in [0.1, 0.15) is 30.2 Å². The van der Waals surface area contributed by atoms with Gasteiger partial charge in [-0.15, -0.1) is 0 Å². The lowest BCUT2D eigenvalue weighted by molar-refractivity contribution is -0.123. The third-order valence-corrected chi connectivity index (χ3v) is 3.76. The second-order valence-corrected chi connectivity index (χ2v) is 5.74. The Hall–Kier alpha value is -3.43. The van der Waals surface area contributed by atoms with Crippen LogP contribution in [0.15, 0.2) is 47.4 Å². The zero-order chi connectivity index (χ0) is 20.1. The van der Waals surface area contributed by atoms with Crippen molar-refractivity contribution in [3.05, 3.63) is 59.7 Å². The predicted octanol–water partition coefficient (Wildman–Crippen LogP) is 3.31. The minimum absolute atomic E-state index is 0.0381. The molecule has 0 saturated carbocycles. The molecule has 10 heteroatoms. The van der Waals surface area contributed by atoms with E-state index in [1.807, 2.05) is 0 Å². The first-order valence-electron chi connectivity index (χ1n) is 8.13. The number of hydrogen-bond acceptors (Lipinski definition) is 6. The van der Waals surface area contributed by atoms with Gasteiger partial charge in [0.05, 0.1) is 5.56 Å². The fourth-order valence-electron chi connectivity index (χ4n) is 2.39. The summed E-state index contributed by atoms with van der Waals surface area (Å²) in [6.45, 7) is 0.215. The highest BCUT2D eigenvalue weighted by Crippen LogP contribution is 2.26. The van der Waals surface area contributed by atoms with Crippen LogP contribution in [0.25, 0.3) is 11.3 Å². The van der Waals surface area contributed by atoms with E-state index in [2.05, 4.69) is 15.1 Å². The Labute approximate surface area is 157 Å². The molecule has 0 aliphatic rings. The van der Waals surface area contributed by atoms with Crippen molar-refractivity contribution in [2.75, 3.05) is 6.54 Å². The van der Waals surface area contributed by atoms with Crippen LogP contribution in [0.5, 0.6) is 5.88 Å². The van der Waals surface area contributed by atoms with Crippen LogP contribution >= 0.6 is 0 Å². The number of alkyl halides is 3. The maximum atomic E-state index is 12.3. The number of nitrogens with one attached hydrogen (secondary N) is 1. The van der Waals surface area contributed by atoms with E-state index in [1.54, 1.807) is 36.8 Å². The molecule has 3 rings (SSSR count). The van der Waals surface area contributed by atoms with Crippen LogP contribution < -0.4 is 10.1 Å². The van der Waals surface area contributed by atoms with Crippen LogP contribution in [0.1, 0.15) is 21.7 Å². The number of pyridine rings is 2. The van der Waals surface area contributed by atoms with Crippen LogP contribution in [-0.4, -0.2) is 33.8 Å². The predicted molar refractivity (Wildman–Crippen MR) is 91.4 cm³/mol. The fraction of sp³-hybridized carbons (Fsp3) is 0.222. The van der Waals surface area contributed by atoms with Gasteiger partial charge in [0.25, 0.3) is 5.91 Å². The Bertz CT molecular complexity index is 958. The Morgan fingerprint density at radius 3 is 2.68 bits per heavy atom. The number of ether oxygens (including phenoxy) is 1. The van der Waals surface area contributed by atoms with Crippen molar-refractivity contribution in [1.82, 2.24) is 20.4 Å². The molecule has 0 aliphatic carbocycles. The number of halogens is 3. The van der Waals surface area contributed by atoms with Gasteiger partial charge in [-0.25, -0.2) is 4.98 Å². The number of rotatable bonds is 6. The molecule has 0 saturated heterocycles. The SMILES string of the molecule is Cc1onc(-c2ccncc2)c1COc1ncccc1C(=O)NCC(F)(F)F. The van der Waals surface area contributed by atoms with E-state index in [1.165, 1.54) is 18.3 Å². The van der Waals surface area contributed by atoms with E-state index in [0.29, 0.717) is 17.0 Å². The Morgan fingerprint density at radius 1 is 1.21 bits per heavy atom. The lowest BCUT2D eigenvalue weighted by Crippen LogP contribution is -2.34. The molecule has 0 radical (unpaired) electrons. The van der Waals surface area contributed by atoms with Gasteiger partial charge in [0, 0.05) is 24.2 Å². The molecular formula is C18H15F3N4O3. The maximum Gasteiger partial charge on any atom is 0.405 e. The minimum atomic E-state index is -4.52. The van der Waals surface area contributed by atoms with Gasteiger partial charge in [-0.3, -0.25) is 9.78 Å². The smallest absolute Gasteiger partial charge is 0.405 e. The lowest BCUT2D eigenvalue weighted by Gasteiger charge is -2.12. The second-order valence-electron chi connectivity index (χ2n) is 5.74. The molecule has 0 atom stereocenters. The van der Waals surface area contributed by atoms with Gasteiger partial charge in [-0.2, -0.15) is 13.2 Å². The molecule has 146 valence electrons. The van der Waals surface area contributed by atoms with E-state index in [9.17, 15) is 18.0 Å². The Balaban J connectivity index is 1.78. The van der Waals surface area contributed by atoms with Crippen LogP contribution in [0.4, 0.5) is 13.2 Å². The van der Waals surface area contributed by atoms with Gasteiger partial charge in [-0.1, -0.05) is 5.16 Å². The number of hydrogen-bond donors (Lipinski definition) is 1. The van der Waals surface area contributed by atoms with E-state index in [4.69, 9.17) is 9.26 Å². The standard InChI is InChI=1S/C18H15F3N4O3/c1-11-14(15(25-28-11)12-4-7-22-8-5-12)9-27-17-13(3-2-6-23-17)16(26)24-10-18(19,20)21/h2-8H,9-10H2,1H3,(H,24,26). The number of carbonyl (C=O) groups is 1. The van der Waals surface area contributed by atoms with E-state index in [0.717, 1.165) is 5.56 Å². The quantitative estimate of drug-likeness (QED) is 0.692. The third-order valence-electron chi connectivity index (χ3n) is 3.76. The van der Waals surface area contributed by atoms with Crippen LogP contribution in [0, 0.1) is 6.92 Å². The number of carbonyl (C=O) groups excluding carboxylic acids is 1. The van der Waals surface area contributed by atoms with Crippen LogP contribution in [0.3, 0.4) is 0 Å². The van der Waals surface area contributed by atoms with Crippen molar-refractivity contribution in [1.29, 1.82) is 0 Å². The molecule has 0 spiro atoms. The minimum Gasteiger partial charge on any atom is -0.472 e. The maximum absolute atomic E-state index is 12.3. The van der Waals surface area contributed by atoms with Crippen molar-refractivity contribution >= 4 is 5.91 Å². The molecule has 3 aromatic heterocycles. The summed E-state index contributed by atoms with van der Waals surface area (Å²) in [5.74, 6) is -0.522. The second kappa shape index (κ2) is 8.07. The van der Waals surface area contributed by atoms with Gasteiger partial charge in [0.15, 0.2) is 0 Å². The van der Waals surface area contributed by atoms with Crippen molar-refractivity contribution in [2.45, 2.75) is 19.7 Å². The Kier molecular flexibility index (Phi) is 5.57. The van der Waals surface area contributed by atoms with Gasteiger partial charge < -0.3 is 14.6 Å². The largest absolute Gasteiger partial charge is 0.472 e. The highest BCUT2D eigenvalue weighted by atomic mass is 19.4. The molecule has 0 bridgehead atoms. The molecule has 0 unspecified atom stereocenters. The van der Waals surface area contributed by atoms with E-state index < -0.39 is 18.6 Å². The van der Waals surface area contributed by atoms with Crippen molar-refractivity contribution < 1.29 is 27.2 Å². The molecule has 3 heterocycles. The van der Waals surface area contributed by atoms with E-state index in [-0.39, 0.29) is 18.1 Å². The molecular weight excluding hydrogens is 377 g/mol. The average molecular weight is 392 g/mol. The molecule has 7 nitrogen and oxygen atoms in total. The normalized spacial score (nSPS) is 11.3. The summed E-state index contributed by atoms with van der Waals surface area (Å²) in [6, 6.07) is 6.26. The molecule has 3 aromatic rings.